The van der Waals surface area contributed by atoms with E-state index in [9.17, 15) is 4.79 Å². The van der Waals surface area contributed by atoms with Crippen molar-refractivity contribution < 1.29 is 9.53 Å². The standard InChI is InChI=1S/C14H23N3O2/c1-4-5-7-11(15)13(18)17-12-8-6-9-16-14(12)19-10(2)3/h6,8-11H,4-5,7,15H2,1-3H3,(H,17,18). The van der Waals surface area contributed by atoms with Gasteiger partial charge in [0.15, 0.2) is 0 Å². The Bertz CT molecular complexity index is 407. The van der Waals surface area contributed by atoms with Crippen molar-refractivity contribution in [1.29, 1.82) is 0 Å². The minimum Gasteiger partial charge on any atom is -0.473 e. The predicted molar refractivity (Wildman–Crippen MR) is 76.1 cm³/mol. The van der Waals surface area contributed by atoms with Crippen LogP contribution < -0.4 is 15.8 Å². The van der Waals surface area contributed by atoms with E-state index in [1.807, 2.05) is 13.8 Å². The summed E-state index contributed by atoms with van der Waals surface area (Å²) >= 11 is 0. The number of aromatic nitrogens is 1. The van der Waals surface area contributed by atoms with Crippen LogP contribution in [0.2, 0.25) is 0 Å². The number of hydrogen-bond donors (Lipinski definition) is 2. The van der Waals surface area contributed by atoms with Crippen molar-refractivity contribution in [1.82, 2.24) is 4.98 Å². The third kappa shape index (κ3) is 5.26. The van der Waals surface area contributed by atoms with Gasteiger partial charge in [-0.05, 0) is 32.4 Å². The number of nitrogens with two attached hydrogens (primary N) is 1. The fraction of sp³-hybridized carbons (Fsp3) is 0.571. The molecule has 1 heterocycles. The molecular formula is C14H23N3O2. The van der Waals surface area contributed by atoms with Crippen molar-refractivity contribution in [3.63, 3.8) is 0 Å². The molecule has 0 spiro atoms. The van der Waals surface area contributed by atoms with Gasteiger partial charge in [0, 0.05) is 6.20 Å². The molecule has 106 valence electrons. The van der Waals surface area contributed by atoms with Gasteiger partial charge >= 0.3 is 0 Å². The molecule has 0 saturated carbocycles. The molecule has 1 aromatic rings. The van der Waals surface area contributed by atoms with Gasteiger partial charge in [-0.15, -0.1) is 0 Å². The Hall–Kier alpha value is -1.62. The van der Waals surface area contributed by atoms with Crippen molar-refractivity contribution in [2.45, 2.75) is 52.2 Å². The summed E-state index contributed by atoms with van der Waals surface area (Å²) in [7, 11) is 0. The molecule has 3 N–H and O–H groups in total. The summed E-state index contributed by atoms with van der Waals surface area (Å²) in [5.74, 6) is 0.226. The highest BCUT2D eigenvalue weighted by Crippen LogP contribution is 2.21. The van der Waals surface area contributed by atoms with E-state index in [2.05, 4.69) is 17.2 Å². The molecule has 5 nitrogen and oxygen atoms in total. The van der Waals surface area contributed by atoms with Crippen LogP contribution in [0, 0.1) is 0 Å². The Morgan fingerprint density at radius 1 is 1.53 bits per heavy atom. The molecule has 19 heavy (non-hydrogen) atoms. The van der Waals surface area contributed by atoms with Crippen LogP contribution in [0.15, 0.2) is 18.3 Å². The maximum atomic E-state index is 11.9. The van der Waals surface area contributed by atoms with Crippen LogP contribution in [0.5, 0.6) is 5.88 Å². The lowest BCUT2D eigenvalue weighted by Gasteiger charge is -2.15. The quantitative estimate of drug-likeness (QED) is 0.793. The number of nitrogens with zero attached hydrogens (tertiary/aromatic N) is 1. The third-order valence-electron chi connectivity index (χ3n) is 2.58. The molecule has 0 aromatic carbocycles. The van der Waals surface area contributed by atoms with Crippen molar-refractivity contribution in [3.8, 4) is 5.88 Å². The van der Waals surface area contributed by atoms with Gasteiger partial charge < -0.3 is 15.8 Å². The molecule has 1 unspecified atom stereocenters. The number of pyridine rings is 1. The molecule has 0 saturated heterocycles. The Balaban J connectivity index is 2.68. The van der Waals surface area contributed by atoms with Gasteiger partial charge in [-0.2, -0.15) is 0 Å². The Kier molecular flexibility index (Phi) is 6.29. The second kappa shape index (κ2) is 7.74. The van der Waals surface area contributed by atoms with E-state index in [4.69, 9.17) is 10.5 Å². The van der Waals surface area contributed by atoms with Gasteiger partial charge in [0.05, 0.1) is 12.1 Å². The fourth-order valence-electron chi connectivity index (χ4n) is 1.58. The van der Waals surface area contributed by atoms with E-state index < -0.39 is 6.04 Å². The van der Waals surface area contributed by atoms with Crippen molar-refractivity contribution in [2.75, 3.05) is 5.32 Å². The van der Waals surface area contributed by atoms with Crippen LogP contribution in [0.3, 0.4) is 0 Å². The highest BCUT2D eigenvalue weighted by atomic mass is 16.5. The zero-order chi connectivity index (χ0) is 14.3. The maximum absolute atomic E-state index is 11.9. The highest BCUT2D eigenvalue weighted by molar-refractivity contribution is 5.95. The second-order valence-electron chi connectivity index (χ2n) is 4.76. The van der Waals surface area contributed by atoms with Gasteiger partial charge in [0.25, 0.3) is 0 Å². The summed E-state index contributed by atoms with van der Waals surface area (Å²) < 4.78 is 5.54. The van der Waals surface area contributed by atoms with E-state index in [0.29, 0.717) is 18.0 Å². The van der Waals surface area contributed by atoms with Crippen molar-refractivity contribution in [3.05, 3.63) is 18.3 Å². The molecule has 0 aliphatic heterocycles. The highest BCUT2D eigenvalue weighted by Gasteiger charge is 2.15. The third-order valence-corrected chi connectivity index (χ3v) is 2.58. The smallest absolute Gasteiger partial charge is 0.241 e. The molecule has 0 radical (unpaired) electrons. The first kappa shape index (κ1) is 15.4. The topological polar surface area (TPSA) is 77.2 Å². The number of rotatable bonds is 7. The van der Waals surface area contributed by atoms with Crippen LogP contribution >= 0.6 is 0 Å². The molecule has 5 heteroatoms. The number of hydrogen-bond acceptors (Lipinski definition) is 4. The monoisotopic (exact) mass is 265 g/mol. The van der Waals surface area contributed by atoms with Crippen LogP contribution in [0.25, 0.3) is 0 Å². The largest absolute Gasteiger partial charge is 0.473 e. The summed E-state index contributed by atoms with van der Waals surface area (Å²) in [5.41, 5.74) is 6.39. The van der Waals surface area contributed by atoms with Crippen molar-refractivity contribution >= 4 is 11.6 Å². The van der Waals surface area contributed by atoms with E-state index >= 15 is 0 Å². The fourth-order valence-corrected chi connectivity index (χ4v) is 1.58. The molecule has 0 aliphatic rings. The average molecular weight is 265 g/mol. The zero-order valence-electron chi connectivity index (χ0n) is 11.8. The number of carbonyl (C=O) groups excluding carboxylic acids is 1. The normalized spacial score (nSPS) is 12.3. The predicted octanol–water partition coefficient (Wildman–Crippen LogP) is 2.32. The average Bonchev–Trinajstić information content (AvgIpc) is 2.37. The summed E-state index contributed by atoms with van der Waals surface area (Å²) in [6.45, 7) is 5.89. The maximum Gasteiger partial charge on any atom is 0.241 e. The Morgan fingerprint density at radius 2 is 2.26 bits per heavy atom. The lowest BCUT2D eigenvalue weighted by atomic mass is 10.1. The van der Waals surface area contributed by atoms with Gasteiger partial charge in [0.2, 0.25) is 11.8 Å². The molecule has 1 atom stereocenters. The molecule has 0 fully saturated rings. The molecule has 1 rings (SSSR count). The second-order valence-corrected chi connectivity index (χ2v) is 4.76. The SMILES string of the molecule is CCCCC(N)C(=O)Nc1cccnc1OC(C)C. The van der Waals surface area contributed by atoms with Gasteiger partial charge in [0.1, 0.15) is 5.69 Å². The molecule has 1 amide bonds. The Labute approximate surface area is 114 Å². The summed E-state index contributed by atoms with van der Waals surface area (Å²) in [6, 6.07) is 3.02. The van der Waals surface area contributed by atoms with E-state index in [-0.39, 0.29) is 12.0 Å². The Morgan fingerprint density at radius 3 is 2.89 bits per heavy atom. The zero-order valence-corrected chi connectivity index (χ0v) is 11.8. The number of carbonyl (C=O) groups is 1. The van der Waals surface area contributed by atoms with Crippen LogP contribution in [0.1, 0.15) is 40.0 Å². The van der Waals surface area contributed by atoms with E-state index in [1.165, 1.54) is 0 Å². The van der Waals surface area contributed by atoms with Crippen molar-refractivity contribution in [2.24, 2.45) is 5.73 Å². The van der Waals surface area contributed by atoms with Gasteiger partial charge in [-0.25, -0.2) is 4.98 Å². The van der Waals surface area contributed by atoms with E-state index in [0.717, 1.165) is 12.8 Å². The molecule has 1 aromatic heterocycles. The minimum absolute atomic E-state index is 0.000632. The first-order valence-corrected chi connectivity index (χ1v) is 6.72. The van der Waals surface area contributed by atoms with Crippen LogP contribution in [-0.4, -0.2) is 23.0 Å². The number of amides is 1. The first-order chi connectivity index (χ1) is 9.04. The number of unbranched alkanes of at least 4 members (excludes halogenated alkanes) is 1. The first-order valence-electron chi connectivity index (χ1n) is 6.72. The van der Waals surface area contributed by atoms with Gasteiger partial charge in [-0.1, -0.05) is 19.8 Å². The molecular weight excluding hydrogens is 242 g/mol. The lowest BCUT2D eigenvalue weighted by molar-refractivity contribution is -0.117. The van der Waals surface area contributed by atoms with Crippen LogP contribution in [0.4, 0.5) is 5.69 Å². The van der Waals surface area contributed by atoms with Crippen LogP contribution in [-0.2, 0) is 4.79 Å². The number of ether oxygens (including phenoxy) is 1. The lowest BCUT2D eigenvalue weighted by Crippen LogP contribution is -2.35. The molecule has 0 bridgehead atoms. The summed E-state index contributed by atoms with van der Waals surface area (Å²) in [5, 5.41) is 2.77. The minimum atomic E-state index is -0.493. The summed E-state index contributed by atoms with van der Waals surface area (Å²) in [4.78, 5) is 16.1. The van der Waals surface area contributed by atoms with Gasteiger partial charge in [-0.3, -0.25) is 4.79 Å². The number of nitrogens with one attached hydrogen (secondary N) is 1. The molecule has 0 aliphatic carbocycles. The van der Waals surface area contributed by atoms with E-state index in [1.54, 1.807) is 18.3 Å². The number of anilines is 1. The summed E-state index contributed by atoms with van der Waals surface area (Å²) in [6.07, 6.45) is 4.28.